The Hall–Kier alpha value is -3.21. The molecular weight excluding hydrogens is 278 g/mol. The molecule has 0 saturated heterocycles. The molecule has 1 aromatic carbocycles. The first kappa shape index (κ1) is 12.5. The van der Waals surface area contributed by atoms with Gasteiger partial charge in [-0.1, -0.05) is 18.2 Å². The molecule has 0 N–H and O–H groups in total. The molecule has 0 atom stereocenters. The molecule has 3 heterocycles. The summed E-state index contributed by atoms with van der Waals surface area (Å²) >= 11 is 0. The zero-order valence-corrected chi connectivity index (χ0v) is 11.5. The van der Waals surface area contributed by atoms with E-state index in [2.05, 4.69) is 4.98 Å². The minimum absolute atomic E-state index is 0.348. The molecule has 4 rings (SSSR count). The maximum absolute atomic E-state index is 12.8. The molecule has 0 aliphatic rings. The summed E-state index contributed by atoms with van der Waals surface area (Å²) in [5.74, 6) is -0.354. The van der Waals surface area contributed by atoms with Crippen LogP contribution in [0.2, 0.25) is 0 Å². The van der Waals surface area contributed by atoms with Crippen LogP contribution >= 0.6 is 0 Å². The summed E-state index contributed by atoms with van der Waals surface area (Å²) in [6, 6.07) is 15.7. The van der Waals surface area contributed by atoms with Gasteiger partial charge in [0.2, 0.25) is 0 Å². The van der Waals surface area contributed by atoms with E-state index in [4.69, 9.17) is 0 Å². The Balaban J connectivity index is 2.14. The van der Waals surface area contributed by atoms with Gasteiger partial charge in [-0.25, -0.2) is 9.55 Å². The van der Waals surface area contributed by atoms with E-state index in [1.807, 2.05) is 6.07 Å². The third kappa shape index (κ3) is 1.69. The maximum atomic E-state index is 12.8. The highest BCUT2D eigenvalue weighted by atomic mass is 16.2. The fraction of sp³-hybridized carbons (Fsp3) is 0. The summed E-state index contributed by atoms with van der Waals surface area (Å²) in [6.45, 7) is 0. The molecule has 3 aromatic heterocycles. The minimum Gasteiger partial charge on any atom is -0.295 e. The molecule has 0 spiro atoms. The lowest BCUT2D eigenvalue weighted by Crippen LogP contribution is -2.29. The van der Waals surface area contributed by atoms with E-state index in [0.717, 1.165) is 0 Å². The lowest BCUT2D eigenvalue weighted by Gasteiger charge is -2.10. The molecule has 5 heteroatoms. The molecule has 106 valence electrons. The van der Waals surface area contributed by atoms with Gasteiger partial charge in [0, 0.05) is 18.0 Å². The second-order valence-corrected chi connectivity index (χ2v) is 4.92. The second-order valence-electron chi connectivity index (χ2n) is 4.92. The van der Waals surface area contributed by atoms with Gasteiger partial charge < -0.3 is 0 Å². The Kier molecular flexibility index (Phi) is 2.66. The van der Waals surface area contributed by atoms with Crippen molar-refractivity contribution in [2.24, 2.45) is 0 Å². The topological polar surface area (TPSA) is 56.4 Å². The van der Waals surface area contributed by atoms with Crippen molar-refractivity contribution in [1.29, 1.82) is 0 Å². The monoisotopic (exact) mass is 289 g/mol. The lowest BCUT2D eigenvalue weighted by molar-refractivity contribution is 0.0961. The standard InChI is InChI=1S/C17H11N3O2/c21-16(12-6-2-1-3-7-12)20-13-8-4-10-18-15(13)19-11-5-9-14(19)17(20)22/h1-11H. The van der Waals surface area contributed by atoms with Crippen molar-refractivity contribution >= 4 is 22.6 Å². The van der Waals surface area contributed by atoms with Crippen molar-refractivity contribution in [3.05, 3.63) is 82.9 Å². The van der Waals surface area contributed by atoms with Crippen LogP contribution in [0.4, 0.5) is 0 Å². The van der Waals surface area contributed by atoms with Gasteiger partial charge in [-0.15, -0.1) is 0 Å². The Bertz CT molecular complexity index is 1060. The van der Waals surface area contributed by atoms with Crippen LogP contribution in [0.1, 0.15) is 10.4 Å². The number of fused-ring (bicyclic) bond motifs is 3. The molecule has 0 bridgehead atoms. The Morgan fingerprint density at radius 2 is 1.68 bits per heavy atom. The van der Waals surface area contributed by atoms with E-state index < -0.39 is 0 Å². The van der Waals surface area contributed by atoms with Gasteiger partial charge in [-0.05, 0) is 36.4 Å². The largest absolute Gasteiger partial charge is 0.295 e. The van der Waals surface area contributed by atoms with Crippen LogP contribution in [-0.2, 0) is 0 Å². The van der Waals surface area contributed by atoms with E-state index in [1.54, 1.807) is 65.3 Å². The van der Waals surface area contributed by atoms with E-state index in [9.17, 15) is 9.59 Å². The number of nitrogens with zero attached hydrogens (tertiary/aromatic N) is 3. The van der Waals surface area contributed by atoms with Crippen molar-refractivity contribution < 1.29 is 4.79 Å². The lowest BCUT2D eigenvalue weighted by atomic mass is 10.2. The summed E-state index contributed by atoms with van der Waals surface area (Å²) in [7, 11) is 0. The van der Waals surface area contributed by atoms with Crippen LogP contribution in [0.3, 0.4) is 0 Å². The molecule has 5 nitrogen and oxygen atoms in total. The van der Waals surface area contributed by atoms with E-state index in [-0.39, 0.29) is 11.5 Å². The van der Waals surface area contributed by atoms with Crippen LogP contribution in [0.25, 0.3) is 16.7 Å². The number of hydrogen-bond acceptors (Lipinski definition) is 3. The zero-order chi connectivity index (χ0) is 15.1. The molecule has 0 saturated carbocycles. The third-order valence-electron chi connectivity index (χ3n) is 3.63. The summed E-state index contributed by atoms with van der Waals surface area (Å²) in [6.07, 6.45) is 3.41. The molecule has 0 fully saturated rings. The number of pyridine rings is 1. The fourth-order valence-corrected chi connectivity index (χ4v) is 2.62. The van der Waals surface area contributed by atoms with Crippen molar-refractivity contribution in [2.75, 3.05) is 0 Å². The molecule has 0 aliphatic heterocycles. The summed E-state index contributed by atoms with van der Waals surface area (Å²) in [5.41, 5.74) is 1.61. The first-order chi connectivity index (χ1) is 10.8. The smallest absolute Gasteiger partial charge is 0.282 e. The predicted octanol–water partition coefficient (Wildman–Crippen LogP) is 2.34. The quantitative estimate of drug-likeness (QED) is 0.540. The first-order valence-corrected chi connectivity index (χ1v) is 6.84. The van der Waals surface area contributed by atoms with Gasteiger partial charge >= 0.3 is 0 Å². The zero-order valence-electron chi connectivity index (χ0n) is 11.5. The van der Waals surface area contributed by atoms with E-state index in [1.165, 1.54) is 4.57 Å². The molecule has 22 heavy (non-hydrogen) atoms. The first-order valence-electron chi connectivity index (χ1n) is 6.84. The second kappa shape index (κ2) is 4.66. The van der Waals surface area contributed by atoms with E-state index >= 15 is 0 Å². The van der Waals surface area contributed by atoms with E-state index in [0.29, 0.717) is 22.2 Å². The fourth-order valence-electron chi connectivity index (χ4n) is 2.62. The van der Waals surface area contributed by atoms with Crippen molar-refractivity contribution in [3.8, 4) is 0 Å². The average Bonchev–Trinajstić information content (AvgIpc) is 3.06. The predicted molar refractivity (Wildman–Crippen MR) is 83.1 cm³/mol. The highest BCUT2D eigenvalue weighted by molar-refractivity contribution is 6.01. The van der Waals surface area contributed by atoms with Crippen LogP contribution in [-0.4, -0.2) is 19.9 Å². The Labute approximate surface area is 125 Å². The molecule has 4 aromatic rings. The highest BCUT2D eigenvalue weighted by Gasteiger charge is 2.17. The number of benzene rings is 1. The van der Waals surface area contributed by atoms with Gasteiger partial charge in [0.1, 0.15) is 5.52 Å². The van der Waals surface area contributed by atoms with Crippen molar-refractivity contribution in [2.45, 2.75) is 0 Å². The maximum Gasteiger partial charge on any atom is 0.282 e. The Morgan fingerprint density at radius 3 is 2.50 bits per heavy atom. The van der Waals surface area contributed by atoms with Crippen LogP contribution in [0.15, 0.2) is 71.8 Å². The molecule has 0 aliphatic carbocycles. The van der Waals surface area contributed by atoms with Gasteiger partial charge in [0.15, 0.2) is 5.65 Å². The summed E-state index contributed by atoms with van der Waals surface area (Å²) in [5, 5.41) is 0. The van der Waals surface area contributed by atoms with Crippen LogP contribution in [0, 0.1) is 0 Å². The van der Waals surface area contributed by atoms with Gasteiger partial charge in [-0.3, -0.25) is 14.0 Å². The van der Waals surface area contributed by atoms with Gasteiger partial charge in [0.25, 0.3) is 11.5 Å². The molecular formula is C17H11N3O2. The average molecular weight is 289 g/mol. The molecule has 0 amide bonds. The highest BCUT2D eigenvalue weighted by Crippen LogP contribution is 2.14. The van der Waals surface area contributed by atoms with Crippen molar-refractivity contribution in [3.63, 3.8) is 0 Å². The number of carbonyl (C=O) groups excluding carboxylic acids is 1. The van der Waals surface area contributed by atoms with Crippen LogP contribution in [0.5, 0.6) is 0 Å². The SMILES string of the molecule is O=C(c1ccccc1)n1c(=O)c2cccn2c2ncccc21. The summed E-state index contributed by atoms with van der Waals surface area (Å²) < 4.78 is 2.89. The summed E-state index contributed by atoms with van der Waals surface area (Å²) in [4.78, 5) is 29.8. The molecule has 0 radical (unpaired) electrons. The van der Waals surface area contributed by atoms with Crippen LogP contribution < -0.4 is 5.56 Å². The van der Waals surface area contributed by atoms with Gasteiger partial charge in [-0.2, -0.15) is 0 Å². The minimum atomic E-state index is -0.354. The normalized spacial score (nSPS) is 11.1. The Morgan fingerprint density at radius 1 is 0.909 bits per heavy atom. The third-order valence-corrected chi connectivity index (χ3v) is 3.63. The molecule has 0 unspecified atom stereocenters. The van der Waals surface area contributed by atoms with Gasteiger partial charge in [0.05, 0.1) is 5.52 Å². The number of carbonyl (C=O) groups is 1. The number of aromatic nitrogens is 3. The number of hydrogen-bond donors (Lipinski definition) is 0. The van der Waals surface area contributed by atoms with Crippen molar-refractivity contribution in [1.82, 2.24) is 14.0 Å². The number of rotatable bonds is 1.